The predicted molar refractivity (Wildman–Crippen MR) is 113 cm³/mol. The molecule has 0 aliphatic carbocycles. The highest BCUT2D eigenvalue weighted by Gasteiger charge is 2.23. The first kappa shape index (κ1) is 19.0. The highest BCUT2D eigenvalue weighted by Crippen LogP contribution is 2.28. The van der Waals surface area contributed by atoms with Gasteiger partial charge in [-0.3, -0.25) is 9.69 Å². The van der Waals surface area contributed by atoms with Gasteiger partial charge in [-0.15, -0.1) is 11.3 Å². The van der Waals surface area contributed by atoms with Gasteiger partial charge in [0, 0.05) is 37.4 Å². The molecule has 4 rings (SSSR count). The molecule has 144 valence electrons. The maximum atomic E-state index is 12.9. The van der Waals surface area contributed by atoms with Crippen LogP contribution in [0.15, 0.2) is 48.5 Å². The van der Waals surface area contributed by atoms with Gasteiger partial charge in [0.2, 0.25) is 0 Å². The van der Waals surface area contributed by atoms with Crippen LogP contribution >= 0.6 is 11.3 Å². The summed E-state index contributed by atoms with van der Waals surface area (Å²) in [6.07, 6.45) is 1.22. The summed E-state index contributed by atoms with van der Waals surface area (Å²) in [5, 5.41) is 9.76. The number of rotatable bonds is 6. The van der Waals surface area contributed by atoms with Crippen molar-refractivity contribution >= 4 is 17.1 Å². The van der Waals surface area contributed by atoms with E-state index in [0.717, 1.165) is 41.2 Å². The Labute approximate surface area is 169 Å². The molecule has 0 unspecified atom stereocenters. The first-order valence-electron chi connectivity index (χ1n) is 9.64. The summed E-state index contributed by atoms with van der Waals surface area (Å²) in [4.78, 5) is 20.9. The Bertz CT molecular complexity index is 982. The predicted octanol–water partition coefficient (Wildman–Crippen LogP) is 3.89. The molecule has 0 bridgehead atoms. The van der Waals surface area contributed by atoms with Crippen LogP contribution in [0.5, 0.6) is 0 Å². The third kappa shape index (κ3) is 3.92. The third-order valence-electron chi connectivity index (χ3n) is 5.35. The molecule has 2 aromatic carbocycles. The summed E-state index contributed by atoms with van der Waals surface area (Å²) in [6.45, 7) is 4.60. The van der Waals surface area contributed by atoms with Crippen LogP contribution in [0.4, 0.5) is 0 Å². The molecular formula is C23H24N2O2S. The number of Topliss-reactive ketones (excluding diaryl/α,β-unsaturated/α-hetero) is 1. The number of fused-ring (bicyclic) bond motifs is 1. The Morgan fingerprint density at radius 1 is 1.18 bits per heavy atom. The minimum absolute atomic E-state index is 0.0846. The zero-order valence-corrected chi connectivity index (χ0v) is 16.8. The van der Waals surface area contributed by atoms with Gasteiger partial charge in [0.1, 0.15) is 0 Å². The van der Waals surface area contributed by atoms with E-state index in [1.165, 1.54) is 22.5 Å². The van der Waals surface area contributed by atoms with Crippen LogP contribution in [0.3, 0.4) is 0 Å². The Kier molecular flexibility index (Phi) is 5.67. The van der Waals surface area contributed by atoms with E-state index in [1.54, 1.807) is 0 Å². The maximum Gasteiger partial charge on any atom is 0.195 e. The Morgan fingerprint density at radius 2 is 2.00 bits per heavy atom. The van der Waals surface area contributed by atoms with E-state index >= 15 is 0 Å². The Hall–Kier alpha value is -2.34. The molecule has 3 aromatic rings. The number of aliphatic hydroxyl groups is 1. The van der Waals surface area contributed by atoms with Gasteiger partial charge in [0.05, 0.1) is 12.3 Å². The lowest BCUT2D eigenvalue weighted by molar-refractivity contribution is 0.0992. The van der Waals surface area contributed by atoms with E-state index in [1.807, 2.05) is 30.3 Å². The van der Waals surface area contributed by atoms with E-state index < -0.39 is 0 Å². The molecule has 5 heteroatoms. The summed E-state index contributed by atoms with van der Waals surface area (Å²) in [5.74, 6) is 0.0846. The topological polar surface area (TPSA) is 53.4 Å². The van der Waals surface area contributed by atoms with Crippen molar-refractivity contribution in [1.29, 1.82) is 0 Å². The van der Waals surface area contributed by atoms with Gasteiger partial charge in [-0.05, 0) is 29.2 Å². The number of carbonyl (C=O) groups is 1. The molecule has 28 heavy (non-hydrogen) atoms. The quantitative estimate of drug-likeness (QED) is 0.647. The van der Waals surface area contributed by atoms with Crippen LogP contribution in [-0.4, -0.2) is 40.5 Å². The largest absolute Gasteiger partial charge is 0.395 e. The lowest BCUT2D eigenvalue weighted by Crippen LogP contribution is -2.32. The monoisotopic (exact) mass is 392 g/mol. The SMILES string of the molecule is Cc1c(CC(=O)c2nc3c(s2)CN(CCO)CC3)cccc1-c1ccccc1. The van der Waals surface area contributed by atoms with Crippen molar-refractivity contribution in [3.8, 4) is 11.1 Å². The van der Waals surface area contributed by atoms with Crippen molar-refractivity contribution in [3.05, 3.63) is 75.2 Å². The number of aliphatic hydroxyl groups excluding tert-OH is 1. The van der Waals surface area contributed by atoms with Crippen LogP contribution in [0, 0.1) is 6.92 Å². The number of benzene rings is 2. The number of β-amino-alcohol motifs (C(OH)–C–C–N with tert-alkyl or cyclic N) is 1. The van der Waals surface area contributed by atoms with E-state index in [-0.39, 0.29) is 12.4 Å². The second-order valence-corrected chi connectivity index (χ2v) is 8.28. The molecule has 0 fully saturated rings. The van der Waals surface area contributed by atoms with E-state index in [9.17, 15) is 4.79 Å². The fourth-order valence-corrected chi connectivity index (χ4v) is 4.84. The number of aromatic nitrogens is 1. The standard InChI is InChI=1S/C23H24N2O2S/c1-16-18(8-5-9-19(16)17-6-3-2-4-7-17)14-21(27)23-24-20-10-11-25(12-13-26)15-22(20)28-23/h2-9,26H,10-15H2,1H3. The molecule has 1 aliphatic rings. The summed E-state index contributed by atoms with van der Waals surface area (Å²) < 4.78 is 0. The van der Waals surface area contributed by atoms with Gasteiger partial charge in [-0.25, -0.2) is 4.98 Å². The van der Waals surface area contributed by atoms with Crippen molar-refractivity contribution in [2.24, 2.45) is 0 Å². The third-order valence-corrected chi connectivity index (χ3v) is 6.47. The second kappa shape index (κ2) is 8.35. The fourth-order valence-electron chi connectivity index (χ4n) is 3.75. The Balaban J connectivity index is 1.54. The highest BCUT2D eigenvalue weighted by molar-refractivity contribution is 7.13. The number of thiazole rings is 1. The van der Waals surface area contributed by atoms with Gasteiger partial charge in [-0.1, -0.05) is 48.5 Å². The molecule has 0 amide bonds. The molecule has 1 aromatic heterocycles. The molecule has 2 heterocycles. The van der Waals surface area contributed by atoms with Crippen molar-refractivity contribution in [1.82, 2.24) is 9.88 Å². The van der Waals surface area contributed by atoms with Crippen LogP contribution in [-0.2, 0) is 19.4 Å². The van der Waals surface area contributed by atoms with Crippen molar-refractivity contribution < 1.29 is 9.90 Å². The molecule has 4 nitrogen and oxygen atoms in total. The Morgan fingerprint density at radius 3 is 2.79 bits per heavy atom. The maximum absolute atomic E-state index is 12.9. The van der Waals surface area contributed by atoms with Crippen LogP contribution in [0.25, 0.3) is 11.1 Å². The van der Waals surface area contributed by atoms with E-state index in [2.05, 4.69) is 35.0 Å². The van der Waals surface area contributed by atoms with Gasteiger partial charge >= 0.3 is 0 Å². The molecule has 0 spiro atoms. The first-order chi connectivity index (χ1) is 13.7. The zero-order chi connectivity index (χ0) is 19.5. The first-order valence-corrected chi connectivity index (χ1v) is 10.5. The van der Waals surface area contributed by atoms with Gasteiger partial charge in [0.25, 0.3) is 0 Å². The summed E-state index contributed by atoms with van der Waals surface area (Å²) in [7, 11) is 0. The van der Waals surface area contributed by atoms with E-state index in [4.69, 9.17) is 5.11 Å². The highest BCUT2D eigenvalue weighted by atomic mass is 32.1. The fraction of sp³-hybridized carbons (Fsp3) is 0.304. The summed E-state index contributed by atoms with van der Waals surface area (Å²) >= 11 is 1.51. The zero-order valence-electron chi connectivity index (χ0n) is 16.0. The van der Waals surface area contributed by atoms with Crippen LogP contribution in [0.1, 0.15) is 31.5 Å². The molecule has 0 saturated heterocycles. The van der Waals surface area contributed by atoms with Crippen molar-refractivity contribution in [3.63, 3.8) is 0 Å². The molecule has 0 atom stereocenters. The lowest BCUT2D eigenvalue weighted by atomic mass is 9.94. The normalized spacial score (nSPS) is 14.1. The average Bonchev–Trinajstić information content (AvgIpc) is 3.14. The van der Waals surface area contributed by atoms with E-state index in [0.29, 0.717) is 18.0 Å². The number of hydrogen-bond acceptors (Lipinski definition) is 5. The smallest absolute Gasteiger partial charge is 0.195 e. The lowest BCUT2D eigenvalue weighted by Gasteiger charge is -2.24. The molecule has 1 N–H and O–H groups in total. The van der Waals surface area contributed by atoms with Crippen molar-refractivity contribution in [2.45, 2.75) is 26.3 Å². The second-order valence-electron chi connectivity index (χ2n) is 7.19. The van der Waals surface area contributed by atoms with Gasteiger partial charge in [0.15, 0.2) is 10.8 Å². The van der Waals surface area contributed by atoms with Gasteiger partial charge in [-0.2, -0.15) is 0 Å². The number of nitrogens with zero attached hydrogens (tertiary/aromatic N) is 2. The number of hydrogen-bond donors (Lipinski definition) is 1. The minimum atomic E-state index is 0.0846. The minimum Gasteiger partial charge on any atom is -0.395 e. The summed E-state index contributed by atoms with van der Waals surface area (Å²) in [6, 6.07) is 16.4. The number of carbonyl (C=O) groups excluding carboxylic acids is 1. The summed E-state index contributed by atoms with van der Waals surface area (Å²) in [5.41, 5.74) is 5.60. The molecule has 0 saturated carbocycles. The molecule has 1 aliphatic heterocycles. The number of ketones is 1. The molecule has 0 radical (unpaired) electrons. The van der Waals surface area contributed by atoms with Gasteiger partial charge < -0.3 is 5.11 Å². The molecular weight excluding hydrogens is 368 g/mol. The average molecular weight is 393 g/mol. The van der Waals surface area contributed by atoms with Crippen molar-refractivity contribution in [2.75, 3.05) is 19.7 Å². The van der Waals surface area contributed by atoms with Crippen LogP contribution < -0.4 is 0 Å². The van der Waals surface area contributed by atoms with Crippen LogP contribution in [0.2, 0.25) is 0 Å².